The second-order valence-electron chi connectivity index (χ2n) is 26.9. The number of Topliss-reactive ketones (excluding diaryl/α,β-unsaturated/α-hetero) is 1. The van der Waals surface area contributed by atoms with Crippen molar-refractivity contribution >= 4 is 206 Å². The maximum atomic E-state index is 14.6. The molecular weight excluding hydrogens is 2100 g/mol. The van der Waals surface area contributed by atoms with Crippen LogP contribution in [-0.2, 0) is 85.7 Å². The number of nitriles is 1. The number of aliphatic hydroxyl groups excluding tert-OH is 4. The van der Waals surface area contributed by atoms with Crippen LogP contribution in [-0.4, -0.2) is 160 Å². The average molecular weight is 2190 g/mol. The van der Waals surface area contributed by atoms with E-state index in [4.69, 9.17) is 19.8 Å². The molecule has 0 saturated carbocycles. The summed E-state index contributed by atoms with van der Waals surface area (Å²) in [6, 6.07) is 7.03. The van der Waals surface area contributed by atoms with Gasteiger partial charge in [0, 0.05) is 132 Å². The Bertz CT molecular complexity index is 5340. The van der Waals surface area contributed by atoms with Gasteiger partial charge in [0.2, 0.25) is 5.78 Å². The van der Waals surface area contributed by atoms with Gasteiger partial charge in [0.25, 0.3) is 26.1 Å². The molecule has 4 radical (unpaired) electrons. The average Bonchev–Trinajstić information content (AvgIpc) is 1.57. The van der Waals surface area contributed by atoms with Crippen molar-refractivity contribution in [2.45, 2.75) is 203 Å². The fourth-order valence-corrected chi connectivity index (χ4v) is 28.6. The maximum absolute atomic E-state index is 14.6. The van der Waals surface area contributed by atoms with Crippen LogP contribution in [0.25, 0.3) is 16.2 Å². The second kappa shape index (κ2) is 45.6. The van der Waals surface area contributed by atoms with Gasteiger partial charge in [0.15, 0.2) is 49.2 Å². The van der Waals surface area contributed by atoms with E-state index in [0.29, 0.717) is 71.2 Å². The first-order valence-electron chi connectivity index (χ1n) is 32.2. The summed E-state index contributed by atoms with van der Waals surface area (Å²) in [6.07, 6.45) is -3.09. The van der Waals surface area contributed by atoms with E-state index >= 15 is 0 Å². The third-order valence-electron chi connectivity index (χ3n) is 17.3. The van der Waals surface area contributed by atoms with Crippen LogP contribution in [0, 0.1) is 34.6 Å². The van der Waals surface area contributed by atoms with Crippen molar-refractivity contribution in [3.8, 4) is 22.3 Å². The molecule has 5 heterocycles. The zero-order valence-corrected chi connectivity index (χ0v) is 80.4. The molecule has 5 aliphatic rings. The number of carbonyl (C=O) groups excluding carboxylic acids is 1. The van der Waals surface area contributed by atoms with Crippen molar-refractivity contribution in [2.24, 2.45) is 0 Å². The molecule has 1 unspecified atom stereocenters. The number of ketones is 1. The molecule has 19 nitrogen and oxygen atoms in total. The second-order valence-corrected chi connectivity index (χ2v) is 53.1. The Morgan fingerprint density at radius 1 is 0.508 bits per heavy atom. The van der Waals surface area contributed by atoms with Crippen LogP contribution in [0.4, 0.5) is 57.1 Å². The molecule has 670 valence electrons. The van der Waals surface area contributed by atoms with Crippen molar-refractivity contribution < 1.29 is 169 Å². The quantitative estimate of drug-likeness (QED) is 0.0627. The van der Waals surface area contributed by atoms with Crippen molar-refractivity contribution in [1.82, 2.24) is 0 Å². The minimum absolute atomic E-state index is 0. The summed E-state index contributed by atoms with van der Waals surface area (Å²) in [5.74, 6) is -18.4. The zero-order chi connectivity index (χ0) is 87.7. The molecule has 7 aromatic rings. The van der Waals surface area contributed by atoms with Crippen LogP contribution in [0.3, 0.4) is 0 Å². The fourth-order valence-electron chi connectivity index (χ4n) is 11.0. The van der Waals surface area contributed by atoms with Gasteiger partial charge in [0.05, 0.1) is 32.3 Å². The molecule has 12 rings (SSSR count). The number of thiophene rings is 5. The van der Waals surface area contributed by atoms with Crippen LogP contribution in [0.5, 0.6) is 5.75 Å². The number of halogens is 17. The third kappa shape index (κ3) is 28.7. The van der Waals surface area contributed by atoms with Gasteiger partial charge in [-0.15, -0.1) is 56.7 Å². The molecule has 50 heteroatoms. The van der Waals surface area contributed by atoms with Gasteiger partial charge in [-0.1, -0.05) is 50.5 Å². The first-order chi connectivity index (χ1) is 51.8. The summed E-state index contributed by atoms with van der Waals surface area (Å²) in [7, 11) is -19.2. The zero-order valence-electron chi connectivity index (χ0n) is 63.9. The van der Waals surface area contributed by atoms with Gasteiger partial charge in [-0.3, -0.25) is 4.79 Å². The number of benzene rings is 2. The summed E-state index contributed by atoms with van der Waals surface area (Å²) >= 11 is 17.2. The summed E-state index contributed by atoms with van der Waals surface area (Å²) < 4.78 is 303. The number of sulfone groups is 5. The van der Waals surface area contributed by atoms with Gasteiger partial charge in [-0.2, -0.15) is 14.0 Å². The third-order valence-corrected chi connectivity index (χ3v) is 40.0. The summed E-state index contributed by atoms with van der Waals surface area (Å²) in [5.41, 5.74) is 1.89. The van der Waals surface area contributed by atoms with Crippen LogP contribution in [0.2, 0.25) is 18.1 Å². The van der Waals surface area contributed by atoms with E-state index in [-0.39, 0.29) is 179 Å². The summed E-state index contributed by atoms with van der Waals surface area (Å²) in [5, 5.41) is 51.5. The molecule has 5 aliphatic carbocycles. The number of rotatable bonds is 10. The largest absolute Gasteiger partial charge is 1.00 e. The van der Waals surface area contributed by atoms with Gasteiger partial charge in [-0.25, -0.2) is 90.4 Å². The minimum Gasteiger partial charge on any atom is -1.00 e. The number of nitrogens with zero attached hydrogens (tertiary/aromatic N) is 1. The Morgan fingerprint density at radius 2 is 0.800 bits per heavy atom. The minimum atomic E-state index is -3.90. The van der Waals surface area contributed by atoms with Crippen molar-refractivity contribution in [3.63, 3.8) is 0 Å². The number of hydrogen-bond acceptors (Lipinski definition) is 24. The van der Waals surface area contributed by atoms with E-state index in [1.54, 1.807) is 6.07 Å². The van der Waals surface area contributed by atoms with Gasteiger partial charge in [0.1, 0.15) is 80.0 Å². The number of alkyl halides is 8. The number of fused-ring (bicyclic) bond motifs is 5. The number of aliphatic hydroxyl groups is 4. The first-order valence-corrected chi connectivity index (χ1v) is 51.8. The van der Waals surface area contributed by atoms with Crippen molar-refractivity contribution in [1.29, 1.82) is 5.26 Å². The van der Waals surface area contributed by atoms with Crippen molar-refractivity contribution in [2.75, 3.05) is 38.4 Å². The molecule has 0 saturated heterocycles. The monoisotopic (exact) mass is 2180 g/mol. The normalized spacial score (nSPS) is 17.5. The van der Waals surface area contributed by atoms with Crippen LogP contribution in [0.15, 0.2) is 78.4 Å². The molecule has 0 bridgehead atoms. The van der Waals surface area contributed by atoms with Crippen molar-refractivity contribution in [3.05, 3.63) is 136 Å². The number of hydrogen-bond donors (Lipinski definition) is 5. The topological polar surface area (TPSA) is 331 Å². The molecule has 0 aliphatic heterocycles. The predicted molar refractivity (Wildman–Crippen MR) is 458 cm³/mol. The van der Waals surface area contributed by atoms with Crippen LogP contribution in [0.1, 0.15) is 170 Å². The molecule has 5 N–H and O–H groups in total. The Labute approximate surface area is 771 Å². The van der Waals surface area contributed by atoms with Crippen LogP contribution < -0.4 is 34.2 Å². The van der Waals surface area contributed by atoms with Gasteiger partial charge >= 0.3 is 43.2 Å². The van der Waals surface area contributed by atoms with Gasteiger partial charge in [-0.05, 0) is 159 Å². The predicted octanol–water partition coefficient (Wildman–Crippen LogP) is 17.3. The number of carbonyl (C=O) groups is 1. The maximum Gasteiger partial charge on any atom is 1.00 e. The molecule has 5 aromatic heterocycles. The standard InChI is InChI=1S/C15H22BrFO3S2Si.C15H12F4O3S2.2C9H9BrF2O3S2.C9H7BrF2O3S2.C6H4BF2O2.C2H3N.CH4O.4CH4.B.Na.H/c1-15(2,3)23(5,6)20-12-10(17)8-7-9-11(12)14(21-13(9)16)22(4,18)19;1-24(21,22)14-11-10(2-3-15(18,19)13(11)20)12(23-14)7-4-8(16)6-9(17)5-7;3*1-17(14,15)8-5-4(7(10)16-8)2-3-9(11,12)6(5)13;8-4-1-5(9)3-6(2-4)11-7-10;1-2-3;1-2;;;;;;;/h7-8H2,1-6H3;4-6,13,20H,2-3H2,1H3;2*6,13H,2-3H2,1H3;2-3H2,1H3;1-3,10H;1H3;2H,1H3;4*1H4;;;/q;;;;;;;;;;;;;+1;-1/t;13-;6-;;;;;;;;;;;;/m.00............/s1. The molecule has 0 fully saturated rings. The fraction of sp³-hybridized carbons (Fsp3) is 0.486. The van der Waals surface area contributed by atoms with E-state index < -0.39 is 158 Å². The smallest absolute Gasteiger partial charge is 1.00 e. The SMILES string of the molecule is C.C.C.C.CC#N.CC(C)(C)[Si](C)(C)OC1=C(F)CCc2c(Br)sc(S(C)(=O)=O)c21.CO.CS(=O)(=O)c1sc(-c2cc(F)cc(F)c2)c2c1[C@H](O)C(F)(F)CC2.CS(=O)(=O)c1sc(Br)c2c1C(=O)C(F)(F)CC2.CS(=O)(=O)c1sc(Br)c2c1C(O)C(F)(F)CC2.CS(=O)(=O)c1sc(Br)c2c1[C@H](O)C(F)(F)CC2.O[B]Oc1cc(F)cc(F)c1.[B].[H-].[Na+]. The Balaban J connectivity index is -0.00000137. The Hall–Kier alpha value is -2.65. The van der Waals surface area contributed by atoms with E-state index in [9.17, 15) is 119 Å². The van der Waals surface area contributed by atoms with E-state index in [2.05, 4.69) is 89.1 Å². The molecule has 3 atom stereocenters. The Morgan fingerprint density at radius 3 is 1.14 bits per heavy atom. The van der Waals surface area contributed by atoms with Gasteiger partial charge < -0.3 is 36.0 Å². The van der Waals surface area contributed by atoms with E-state index in [1.807, 2.05) is 13.1 Å². The molecule has 0 amide bonds. The summed E-state index contributed by atoms with van der Waals surface area (Å²) in [6.45, 7) is 11.7. The molecule has 120 heavy (non-hydrogen) atoms. The first kappa shape index (κ1) is 119. The molecule has 2 aromatic carbocycles. The van der Waals surface area contributed by atoms with E-state index in [1.165, 1.54) is 6.92 Å². The number of allylic oxidation sites excluding steroid dienone is 1. The van der Waals surface area contributed by atoms with E-state index in [0.717, 1.165) is 117 Å². The Kier molecular flexibility index (Phi) is 45.3. The summed E-state index contributed by atoms with van der Waals surface area (Å²) in [4.78, 5) is 11.8. The molecule has 0 spiro atoms. The van der Waals surface area contributed by atoms with Crippen LogP contribution >= 0.6 is 120 Å². The molecular formula is C70H87B2Br4F13NNaO18S10Si.